The van der Waals surface area contributed by atoms with Crippen molar-refractivity contribution < 1.29 is 9.18 Å². The molecule has 0 saturated carbocycles. The number of hydrogen-bond donors (Lipinski definition) is 0. The van der Waals surface area contributed by atoms with E-state index in [4.69, 9.17) is 23.2 Å². The zero-order valence-electron chi connectivity index (χ0n) is 8.14. The molecule has 2 nitrogen and oxygen atoms in total. The van der Waals surface area contributed by atoms with Crippen LogP contribution in [0.15, 0.2) is 18.2 Å². The minimum Gasteiger partial charge on any atom is -0.313 e. The van der Waals surface area contributed by atoms with Gasteiger partial charge in [-0.1, -0.05) is 11.6 Å². The van der Waals surface area contributed by atoms with Crippen molar-refractivity contribution in [3.63, 3.8) is 0 Å². The summed E-state index contributed by atoms with van der Waals surface area (Å²) in [5.41, 5.74) is 0.164. The molecule has 0 N–H and O–H groups in total. The molecule has 82 valence electrons. The summed E-state index contributed by atoms with van der Waals surface area (Å²) >= 11 is 11.1. The molecule has 0 aliphatic rings. The van der Waals surface area contributed by atoms with E-state index < -0.39 is 5.82 Å². The first-order valence-corrected chi connectivity index (χ1v) is 5.25. The lowest BCUT2D eigenvalue weighted by Gasteiger charge is -2.17. The largest absolute Gasteiger partial charge is 0.313 e. The van der Waals surface area contributed by atoms with Crippen molar-refractivity contribution in [2.75, 3.05) is 17.8 Å². The second-order valence-corrected chi connectivity index (χ2v) is 3.80. The second kappa shape index (κ2) is 5.33. The van der Waals surface area contributed by atoms with E-state index in [0.717, 1.165) is 0 Å². The summed E-state index contributed by atoms with van der Waals surface area (Å²) in [5.74, 6) is -0.512. The van der Waals surface area contributed by atoms with E-state index in [1.54, 1.807) is 0 Å². The van der Waals surface area contributed by atoms with E-state index in [0.29, 0.717) is 5.02 Å². The molecule has 5 heteroatoms. The van der Waals surface area contributed by atoms with Crippen molar-refractivity contribution in [1.82, 2.24) is 0 Å². The second-order valence-electron chi connectivity index (χ2n) is 2.99. The van der Waals surface area contributed by atoms with Crippen LogP contribution >= 0.6 is 23.2 Å². The quantitative estimate of drug-likeness (QED) is 0.755. The summed E-state index contributed by atoms with van der Waals surface area (Å²) in [6.45, 7) is 0. The summed E-state index contributed by atoms with van der Waals surface area (Å²) in [4.78, 5) is 12.7. The van der Waals surface area contributed by atoms with Gasteiger partial charge >= 0.3 is 0 Å². The number of rotatable bonds is 3. The van der Waals surface area contributed by atoms with Crippen molar-refractivity contribution in [3.05, 3.63) is 29.0 Å². The SMILES string of the molecule is CN(C(=O)CCCl)c1cc(Cl)ccc1F. The molecule has 0 aliphatic heterocycles. The molecule has 0 aromatic heterocycles. The maximum atomic E-state index is 13.3. The number of anilines is 1. The van der Waals surface area contributed by atoms with Gasteiger partial charge in [0, 0.05) is 24.4 Å². The number of benzene rings is 1. The molecule has 0 bridgehead atoms. The van der Waals surface area contributed by atoms with Crippen LogP contribution in [0.4, 0.5) is 10.1 Å². The predicted molar refractivity (Wildman–Crippen MR) is 60.2 cm³/mol. The average molecular weight is 250 g/mol. The molecular weight excluding hydrogens is 240 g/mol. The molecule has 0 spiro atoms. The Morgan fingerprint density at radius 2 is 2.20 bits per heavy atom. The van der Waals surface area contributed by atoms with Gasteiger partial charge in [-0.25, -0.2) is 4.39 Å². The van der Waals surface area contributed by atoms with Crippen molar-refractivity contribution >= 4 is 34.8 Å². The summed E-state index contributed by atoms with van der Waals surface area (Å²) in [7, 11) is 1.49. The smallest absolute Gasteiger partial charge is 0.228 e. The topological polar surface area (TPSA) is 20.3 Å². The number of nitrogens with zero attached hydrogens (tertiary/aromatic N) is 1. The van der Waals surface area contributed by atoms with Gasteiger partial charge in [0.25, 0.3) is 0 Å². The first-order chi connectivity index (χ1) is 7.06. The summed E-state index contributed by atoms with van der Waals surface area (Å²) in [6.07, 6.45) is 0.171. The van der Waals surface area contributed by atoms with Gasteiger partial charge in [-0.3, -0.25) is 4.79 Å². The first-order valence-electron chi connectivity index (χ1n) is 4.34. The molecule has 1 amide bonds. The average Bonchev–Trinajstić information content (AvgIpc) is 2.21. The van der Waals surface area contributed by atoms with E-state index in [-0.39, 0.29) is 23.9 Å². The van der Waals surface area contributed by atoms with E-state index in [2.05, 4.69) is 0 Å². The Morgan fingerprint density at radius 1 is 1.53 bits per heavy atom. The Kier molecular flexibility index (Phi) is 4.36. The van der Waals surface area contributed by atoms with Crippen molar-refractivity contribution in [1.29, 1.82) is 0 Å². The monoisotopic (exact) mass is 249 g/mol. The van der Waals surface area contributed by atoms with Gasteiger partial charge in [0.1, 0.15) is 5.82 Å². The highest BCUT2D eigenvalue weighted by Crippen LogP contribution is 2.23. The number of carbonyl (C=O) groups excluding carboxylic acids is 1. The Bertz CT molecular complexity index is 370. The lowest BCUT2D eigenvalue weighted by Crippen LogP contribution is -2.27. The maximum absolute atomic E-state index is 13.3. The fourth-order valence-electron chi connectivity index (χ4n) is 1.13. The molecule has 1 aromatic carbocycles. The number of hydrogen-bond acceptors (Lipinski definition) is 1. The Hall–Kier alpha value is -0.800. The number of halogens is 3. The van der Waals surface area contributed by atoms with Crippen LogP contribution < -0.4 is 4.90 Å². The summed E-state index contributed by atoms with van der Waals surface area (Å²) in [5, 5.41) is 0.386. The van der Waals surface area contributed by atoms with E-state index in [1.165, 1.54) is 30.1 Å². The van der Waals surface area contributed by atoms with Crippen LogP contribution in [0.25, 0.3) is 0 Å². The minimum absolute atomic E-state index is 0.164. The molecule has 0 saturated heterocycles. The number of carbonyl (C=O) groups is 1. The fraction of sp³-hybridized carbons (Fsp3) is 0.300. The van der Waals surface area contributed by atoms with Crippen LogP contribution in [0.3, 0.4) is 0 Å². The van der Waals surface area contributed by atoms with Crippen LogP contribution in [0.5, 0.6) is 0 Å². The zero-order valence-corrected chi connectivity index (χ0v) is 9.65. The van der Waals surface area contributed by atoms with Gasteiger partial charge in [-0.05, 0) is 18.2 Å². The van der Waals surface area contributed by atoms with Gasteiger partial charge in [-0.15, -0.1) is 11.6 Å². The van der Waals surface area contributed by atoms with Crippen LogP contribution in [0.1, 0.15) is 6.42 Å². The van der Waals surface area contributed by atoms with Crippen LogP contribution in [0, 0.1) is 5.82 Å². The molecule has 15 heavy (non-hydrogen) atoms. The molecule has 0 radical (unpaired) electrons. The number of amides is 1. The molecule has 1 rings (SSSR count). The predicted octanol–water partition coefficient (Wildman–Crippen LogP) is 3.07. The summed E-state index contributed by atoms with van der Waals surface area (Å²) < 4.78 is 13.3. The molecular formula is C10H10Cl2FNO. The van der Waals surface area contributed by atoms with E-state index in [1.807, 2.05) is 0 Å². The van der Waals surface area contributed by atoms with Crippen LogP contribution in [-0.2, 0) is 4.79 Å². The van der Waals surface area contributed by atoms with Crippen molar-refractivity contribution in [2.45, 2.75) is 6.42 Å². The van der Waals surface area contributed by atoms with Gasteiger partial charge in [0.2, 0.25) is 5.91 Å². The zero-order chi connectivity index (χ0) is 11.4. The van der Waals surface area contributed by atoms with Gasteiger partial charge in [-0.2, -0.15) is 0 Å². The molecule has 0 aliphatic carbocycles. The molecule has 0 fully saturated rings. The van der Waals surface area contributed by atoms with E-state index >= 15 is 0 Å². The summed E-state index contributed by atoms with van der Waals surface area (Å²) in [6, 6.07) is 4.06. The first kappa shape index (κ1) is 12.3. The highest BCUT2D eigenvalue weighted by molar-refractivity contribution is 6.31. The lowest BCUT2D eigenvalue weighted by molar-refractivity contribution is -0.117. The minimum atomic E-state index is -0.482. The van der Waals surface area contributed by atoms with Gasteiger partial charge in [0.15, 0.2) is 0 Å². The molecule has 0 heterocycles. The third kappa shape index (κ3) is 3.08. The van der Waals surface area contributed by atoms with Crippen molar-refractivity contribution in [2.24, 2.45) is 0 Å². The molecule has 0 unspecified atom stereocenters. The standard InChI is InChI=1S/C10H10Cl2FNO/c1-14(10(15)4-5-11)9-6-7(12)2-3-8(9)13/h2-3,6H,4-5H2,1H3. The van der Waals surface area contributed by atoms with Crippen LogP contribution in [0.2, 0.25) is 5.02 Å². The Morgan fingerprint density at radius 3 is 2.80 bits per heavy atom. The molecule has 1 aromatic rings. The fourth-order valence-corrected chi connectivity index (χ4v) is 1.45. The third-order valence-electron chi connectivity index (χ3n) is 1.95. The van der Waals surface area contributed by atoms with E-state index in [9.17, 15) is 9.18 Å². The number of alkyl halides is 1. The van der Waals surface area contributed by atoms with Gasteiger partial charge < -0.3 is 4.90 Å². The Balaban J connectivity index is 2.94. The van der Waals surface area contributed by atoms with Gasteiger partial charge in [0.05, 0.1) is 5.69 Å². The highest BCUT2D eigenvalue weighted by atomic mass is 35.5. The Labute approximate surface area is 97.6 Å². The third-order valence-corrected chi connectivity index (χ3v) is 2.38. The highest BCUT2D eigenvalue weighted by Gasteiger charge is 2.14. The van der Waals surface area contributed by atoms with Crippen molar-refractivity contribution in [3.8, 4) is 0 Å². The van der Waals surface area contributed by atoms with Crippen LogP contribution in [-0.4, -0.2) is 18.8 Å². The molecule has 0 atom stereocenters. The lowest BCUT2D eigenvalue weighted by atomic mass is 10.2. The normalized spacial score (nSPS) is 10.1. The maximum Gasteiger partial charge on any atom is 0.228 e.